The van der Waals surface area contributed by atoms with Crippen LogP contribution in [0.1, 0.15) is 38.2 Å². The number of rotatable bonds is 4. The van der Waals surface area contributed by atoms with Gasteiger partial charge < -0.3 is 10.6 Å². The summed E-state index contributed by atoms with van der Waals surface area (Å²) in [5.41, 5.74) is 1.52. The zero-order valence-electron chi connectivity index (χ0n) is 12.3. The highest BCUT2D eigenvalue weighted by atomic mass is 35.5. The molecule has 2 N–H and O–H groups in total. The third-order valence-electron chi connectivity index (χ3n) is 4.23. The van der Waals surface area contributed by atoms with Gasteiger partial charge in [0.2, 0.25) is 5.91 Å². The van der Waals surface area contributed by atoms with Crippen LogP contribution in [0.3, 0.4) is 0 Å². The van der Waals surface area contributed by atoms with Crippen LogP contribution >= 0.6 is 11.6 Å². The van der Waals surface area contributed by atoms with Crippen LogP contribution in [-0.2, 0) is 4.79 Å². The molecule has 0 aromatic heterocycles. The van der Waals surface area contributed by atoms with Crippen molar-refractivity contribution in [3.8, 4) is 0 Å². The Morgan fingerprint density at radius 3 is 2.70 bits per heavy atom. The lowest BCUT2D eigenvalue weighted by Crippen LogP contribution is -2.45. The second-order valence-corrected chi connectivity index (χ2v) is 6.07. The molecule has 0 radical (unpaired) electrons. The second-order valence-electron chi connectivity index (χ2n) is 5.67. The largest absolute Gasteiger partial charge is 0.324 e. The molecule has 3 nitrogen and oxygen atoms in total. The summed E-state index contributed by atoms with van der Waals surface area (Å²) >= 11 is 6.21. The summed E-state index contributed by atoms with van der Waals surface area (Å²) in [4.78, 5) is 12.8. The minimum atomic E-state index is -0.244. The lowest BCUT2D eigenvalue weighted by molar-refractivity contribution is -0.127. The summed E-state index contributed by atoms with van der Waals surface area (Å²) < 4.78 is 0. The predicted molar refractivity (Wildman–Crippen MR) is 84.3 cm³/mol. The summed E-state index contributed by atoms with van der Waals surface area (Å²) in [5.74, 6) is 0.122. The number of amides is 1. The van der Waals surface area contributed by atoms with E-state index >= 15 is 0 Å². The highest BCUT2D eigenvalue weighted by Gasteiger charge is 2.38. The lowest BCUT2D eigenvalue weighted by atomic mass is 9.74. The van der Waals surface area contributed by atoms with Gasteiger partial charge in [-0.05, 0) is 50.9 Å². The molecule has 1 fully saturated rings. The Labute approximate surface area is 126 Å². The van der Waals surface area contributed by atoms with Gasteiger partial charge in [0.25, 0.3) is 0 Å². The molecule has 1 amide bonds. The maximum atomic E-state index is 12.8. The van der Waals surface area contributed by atoms with Gasteiger partial charge in [0.05, 0.1) is 16.1 Å². The molecule has 0 spiro atoms. The molecule has 2 rings (SSSR count). The number of halogens is 1. The van der Waals surface area contributed by atoms with Crippen LogP contribution in [0.25, 0.3) is 0 Å². The molecule has 0 aliphatic carbocycles. The molecule has 0 unspecified atom stereocenters. The lowest BCUT2D eigenvalue weighted by Gasteiger charge is -2.36. The van der Waals surface area contributed by atoms with Crippen molar-refractivity contribution in [1.82, 2.24) is 5.32 Å². The third-order valence-corrected chi connectivity index (χ3v) is 4.55. The summed E-state index contributed by atoms with van der Waals surface area (Å²) in [6.45, 7) is 5.93. The summed E-state index contributed by atoms with van der Waals surface area (Å²) in [5, 5.41) is 7.02. The quantitative estimate of drug-likeness (QED) is 0.888. The molecule has 20 heavy (non-hydrogen) atoms. The number of para-hydroxylation sites is 1. The van der Waals surface area contributed by atoms with E-state index in [1.807, 2.05) is 25.1 Å². The Bertz CT molecular complexity index is 456. The number of aryl methyl sites for hydroxylation is 1. The maximum Gasteiger partial charge on any atom is 0.230 e. The van der Waals surface area contributed by atoms with E-state index in [9.17, 15) is 4.79 Å². The zero-order chi connectivity index (χ0) is 14.6. The Kier molecular flexibility index (Phi) is 5.06. The zero-order valence-corrected chi connectivity index (χ0v) is 13.0. The van der Waals surface area contributed by atoms with Crippen LogP contribution in [0.15, 0.2) is 18.2 Å². The van der Waals surface area contributed by atoms with Crippen LogP contribution in [0.5, 0.6) is 0 Å². The van der Waals surface area contributed by atoms with Gasteiger partial charge in [-0.3, -0.25) is 4.79 Å². The summed E-state index contributed by atoms with van der Waals surface area (Å²) in [6.07, 6.45) is 3.76. The molecule has 1 aliphatic heterocycles. The molecular weight excluding hydrogens is 272 g/mol. The fraction of sp³-hybridized carbons (Fsp3) is 0.562. The Morgan fingerprint density at radius 1 is 1.40 bits per heavy atom. The van der Waals surface area contributed by atoms with Crippen LogP contribution in [0, 0.1) is 12.3 Å². The van der Waals surface area contributed by atoms with Crippen molar-refractivity contribution in [2.45, 2.75) is 39.5 Å². The van der Waals surface area contributed by atoms with E-state index in [0.717, 1.165) is 50.0 Å². The first kappa shape index (κ1) is 15.3. The summed E-state index contributed by atoms with van der Waals surface area (Å²) in [7, 11) is 0. The molecule has 1 aromatic carbocycles. The Hall–Kier alpha value is -1.06. The Morgan fingerprint density at radius 2 is 2.10 bits per heavy atom. The standard InChI is InChI=1S/C16H23ClN2O/c1-3-7-16(8-10-18-11-9-16)15(20)19-14-12(2)5-4-6-13(14)17/h4-6,18H,3,7-11H2,1-2H3,(H,19,20). The number of hydrogen-bond donors (Lipinski definition) is 2. The average Bonchev–Trinajstić information content (AvgIpc) is 2.44. The van der Waals surface area contributed by atoms with Gasteiger partial charge in [0, 0.05) is 0 Å². The van der Waals surface area contributed by atoms with E-state index in [-0.39, 0.29) is 11.3 Å². The van der Waals surface area contributed by atoms with E-state index in [4.69, 9.17) is 11.6 Å². The van der Waals surface area contributed by atoms with Crippen LogP contribution in [-0.4, -0.2) is 19.0 Å². The molecule has 110 valence electrons. The van der Waals surface area contributed by atoms with Gasteiger partial charge in [-0.2, -0.15) is 0 Å². The first-order valence-corrected chi connectivity index (χ1v) is 7.74. The van der Waals surface area contributed by atoms with E-state index in [0.29, 0.717) is 5.02 Å². The minimum Gasteiger partial charge on any atom is -0.324 e. The van der Waals surface area contributed by atoms with Crippen molar-refractivity contribution in [2.24, 2.45) is 5.41 Å². The van der Waals surface area contributed by atoms with E-state index < -0.39 is 0 Å². The molecule has 0 saturated carbocycles. The number of nitrogens with one attached hydrogen (secondary N) is 2. The van der Waals surface area contributed by atoms with Crippen LogP contribution in [0.2, 0.25) is 5.02 Å². The van der Waals surface area contributed by atoms with Gasteiger partial charge in [-0.25, -0.2) is 0 Å². The molecular formula is C16H23ClN2O. The Balaban J connectivity index is 2.20. The number of hydrogen-bond acceptors (Lipinski definition) is 2. The van der Waals surface area contributed by atoms with Gasteiger partial charge in [0.15, 0.2) is 0 Å². The fourth-order valence-corrected chi connectivity index (χ4v) is 3.28. The van der Waals surface area contributed by atoms with Gasteiger partial charge in [0.1, 0.15) is 0 Å². The molecule has 1 aliphatic rings. The van der Waals surface area contributed by atoms with Gasteiger partial charge >= 0.3 is 0 Å². The minimum absolute atomic E-state index is 0.122. The third kappa shape index (κ3) is 3.15. The highest BCUT2D eigenvalue weighted by molar-refractivity contribution is 6.34. The average molecular weight is 295 g/mol. The molecule has 0 bridgehead atoms. The van der Waals surface area contributed by atoms with E-state index in [2.05, 4.69) is 17.6 Å². The first-order valence-electron chi connectivity index (χ1n) is 7.36. The topological polar surface area (TPSA) is 41.1 Å². The smallest absolute Gasteiger partial charge is 0.230 e. The summed E-state index contributed by atoms with van der Waals surface area (Å²) in [6, 6.07) is 5.69. The number of benzene rings is 1. The van der Waals surface area contributed by atoms with Crippen LogP contribution in [0.4, 0.5) is 5.69 Å². The van der Waals surface area contributed by atoms with Crippen molar-refractivity contribution in [3.63, 3.8) is 0 Å². The fourth-order valence-electron chi connectivity index (χ4n) is 3.01. The number of anilines is 1. The predicted octanol–water partition coefficient (Wildman–Crippen LogP) is 3.76. The first-order chi connectivity index (χ1) is 9.59. The molecule has 0 atom stereocenters. The molecule has 1 heterocycles. The number of carbonyl (C=O) groups excluding carboxylic acids is 1. The van der Waals surface area contributed by atoms with E-state index in [1.54, 1.807) is 0 Å². The monoisotopic (exact) mass is 294 g/mol. The second kappa shape index (κ2) is 6.59. The SMILES string of the molecule is CCCC1(C(=O)Nc2c(C)cccc2Cl)CCNCC1. The molecule has 1 aromatic rings. The number of piperidine rings is 1. The molecule has 4 heteroatoms. The van der Waals surface area contributed by atoms with Crippen LogP contribution < -0.4 is 10.6 Å². The van der Waals surface area contributed by atoms with E-state index in [1.165, 1.54) is 0 Å². The highest BCUT2D eigenvalue weighted by Crippen LogP contribution is 2.36. The normalized spacial score (nSPS) is 17.8. The molecule has 1 saturated heterocycles. The van der Waals surface area contributed by atoms with Crippen molar-refractivity contribution in [2.75, 3.05) is 18.4 Å². The van der Waals surface area contributed by atoms with Crippen molar-refractivity contribution in [3.05, 3.63) is 28.8 Å². The van der Waals surface area contributed by atoms with Gasteiger partial charge in [-0.1, -0.05) is 37.1 Å². The maximum absolute atomic E-state index is 12.8. The van der Waals surface area contributed by atoms with Crippen molar-refractivity contribution < 1.29 is 4.79 Å². The van der Waals surface area contributed by atoms with Crippen molar-refractivity contribution in [1.29, 1.82) is 0 Å². The van der Waals surface area contributed by atoms with Gasteiger partial charge in [-0.15, -0.1) is 0 Å². The van der Waals surface area contributed by atoms with Crippen molar-refractivity contribution >= 4 is 23.2 Å². The number of carbonyl (C=O) groups is 1.